The summed E-state index contributed by atoms with van der Waals surface area (Å²) in [6.45, 7) is 6.14. The van der Waals surface area contributed by atoms with Crippen molar-refractivity contribution in [2.75, 3.05) is 11.9 Å². The van der Waals surface area contributed by atoms with Crippen molar-refractivity contribution in [2.45, 2.75) is 26.8 Å². The van der Waals surface area contributed by atoms with Gasteiger partial charge >= 0.3 is 11.8 Å². The number of hydrogen-bond acceptors (Lipinski definition) is 3. The van der Waals surface area contributed by atoms with Crippen LogP contribution in [0.5, 0.6) is 5.75 Å². The van der Waals surface area contributed by atoms with Crippen molar-refractivity contribution < 1.29 is 14.3 Å². The van der Waals surface area contributed by atoms with Crippen LogP contribution in [0, 0.1) is 6.92 Å². The van der Waals surface area contributed by atoms with E-state index in [-0.39, 0.29) is 6.04 Å². The van der Waals surface area contributed by atoms with E-state index in [1.165, 1.54) is 0 Å². The first-order valence-electron chi connectivity index (χ1n) is 8.01. The average Bonchev–Trinajstić information content (AvgIpc) is 2.59. The molecule has 0 bridgehead atoms. The molecule has 0 aliphatic rings. The molecule has 2 rings (SSSR count). The standard InChI is InChI=1S/C19H21ClN2O3/c1-4-25-16-9-6-14(7-10-16)13(3)21-18(23)19(24)22-17-11-15(20)8-5-12(17)2/h5-11,13H,4H2,1-3H3,(H,21,23)(H,22,24). The molecule has 2 aromatic carbocycles. The first kappa shape index (κ1) is 18.8. The van der Waals surface area contributed by atoms with Crippen LogP contribution in [0.15, 0.2) is 42.5 Å². The molecule has 2 N–H and O–H groups in total. The third-order valence-corrected chi connectivity index (χ3v) is 3.93. The Labute approximate surface area is 152 Å². The molecule has 0 fully saturated rings. The van der Waals surface area contributed by atoms with E-state index in [2.05, 4.69) is 10.6 Å². The highest BCUT2D eigenvalue weighted by Crippen LogP contribution is 2.20. The van der Waals surface area contributed by atoms with Crippen LogP contribution in [-0.2, 0) is 9.59 Å². The van der Waals surface area contributed by atoms with E-state index in [9.17, 15) is 9.59 Å². The van der Waals surface area contributed by atoms with Gasteiger partial charge in [-0.2, -0.15) is 0 Å². The molecule has 1 atom stereocenters. The van der Waals surface area contributed by atoms with Crippen molar-refractivity contribution >= 4 is 29.1 Å². The Kier molecular flexibility index (Phi) is 6.42. The van der Waals surface area contributed by atoms with E-state index in [0.29, 0.717) is 17.3 Å². The highest BCUT2D eigenvalue weighted by molar-refractivity contribution is 6.40. The van der Waals surface area contributed by atoms with Gasteiger partial charge in [-0.15, -0.1) is 0 Å². The number of ether oxygens (including phenoxy) is 1. The molecule has 0 aromatic heterocycles. The predicted octanol–water partition coefficient (Wildman–Crippen LogP) is 3.86. The number of nitrogens with one attached hydrogen (secondary N) is 2. The number of carbonyl (C=O) groups is 2. The summed E-state index contributed by atoms with van der Waals surface area (Å²) in [4.78, 5) is 24.2. The van der Waals surface area contributed by atoms with Crippen molar-refractivity contribution in [3.63, 3.8) is 0 Å². The molecule has 5 nitrogen and oxygen atoms in total. The molecule has 0 spiro atoms. The third kappa shape index (κ3) is 5.22. The monoisotopic (exact) mass is 360 g/mol. The molecule has 2 amide bonds. The predicted molar refractivity (Wildman–Crippen MR) is 99.0 cm³/mol. The Bertz CT molecular complexity index is 760. The Morgan fingerprint density at radius 1 is 1.12 bits per heavy atom. The largest absolute Gasteiger partial charge is 0.494 e. The molecule has 0 aliphatic heterocycles. The fourth-order valence-corrected chi connectivity index (χ4v) is 2.44. The van der Waals surface area contributed by atoms with Gasteiger partial charge in [-0.1, -0.05) is 29.8 Å². The summed E-state index contributed by atoms with van der Waals surface area (Å²) in [5.74, 6) is -0.678. The lowest BCUT2D eigenvalue weighted by atomic mass is 10.1. The molecule has 0 aliphatic carbocycles. The maximum absolute atomic E-state index is 12.1. The van der Waals surface area contributed by atoms with Gasteiger partial charge in [-0.3, -0.25) is 9.59 Å². The van der Waals surface area contributed by atoms with E-state index in [0.717, 1.165) is 16.9 Å². The Balaban J connectivity index is 1.98. The van der Waals surface area contributed by atoms with E-state index in [1.807, 2.05) is 45.0 Å². The quantitative estimate of drug-likeness (QED) is 0.795. The van der Waals surface area contributed by atoms with Crippen LogP contribution in [0.4, 0.5) is 5.69 Å². The zero-order valence-electron chi connectivity index (χ0n) is 14.4. The van der Waals surface area contributed by atoms with Gasteiger partial charge < -0.3 is 15.4 Å². The summed E-state index contributed by atoms with van der Waals surface area (Å²) in [5, 5.41) is 5.74. The number of anilines is 1. The molecule has 0 heterocycles. The van der Waals surface area contributed by atoms with Gasteiger partial charge in [-0.05, 0) is 56.2 Å². The molecule has 6 heteroatoms. The van der Waals surface area contributed by atoms with Gasteiger partial charge in [0.05, 0.1) is 12.6 Å². The fourth-order valence-electron chi connectivity index (χ4n) is 2.27. The van der Waals surface area contributed by atoms with E-state index < -0.39 is 11.8 Å². The van der Waals surface area contributed by atoms with E-state index >= 15 is 0 Å². The van der Waals surface area contributed by atoms with Crippen LogP contribution in [-0.4, -0.2) is 18.4 Å². The summed E-state index contributed by atoms with van der Waals surface area (Å²) in [7, 11) is 0. The summed E-state index contributed by atoms with van der Waals surface area (Å²) >= 11 is 5.92. The summed E-state index contributed by atoms with van der Waals surface area (Å²) in [6.07, 6.45) is 0. The second-order valence-corrected chi connectivity index (χ2v) is 6.05. The lowest BCUT2D eigenvalue weighted by molar-refractivity contribution is -0.136. The first-order valence-corrected chi connectivity index (χ1v) is 8.39. The van der Waals surface area contributed by atoms with Crippen LogP contribution < -0.4 is 15.4 Å². The number of amides is 2. The minimum Gasteiger partial charge on any atom is -0.494 e. The number of carbonyl (C=O) groups excluding carboxylic acids is 2. The van der Waals surface area contributed by atoms with Gasteiger partial charge in [0.1, 0.15) is 5.75 Å². The maximum Gasteiger partial charge on any atom is 0.313 e. The molecule has 0 radical (unpaired) electrons. The second-order valence-electron chi connectivity index (χ2n) is 5.61. The topological polar surface area (TPSA) is 67.4 Å². The molecular formula is C19H21ClN2O3. The van der Waals surface area contributed by atoms with Crippen LogP contribution in [0.1, 0.15) is 31.0 Å². The second kappa shape index (κ2) is 8.53. The Hall–Kier alpha value is -2.53. The Morgan fingerprint density at radius 3 is 2.44 bits per heavy atom. The third-order valence-electron chi connectivity index (χ3n) is 3.69. The molecule has 0 saturated heterocycles. The van der Waals surface area contributed by atoms with Crippen molar-refractivity contribution in [3.8, 4) is 5.75 Å². The van der Waals surface area contributed by atoms with Crippen molar-refractivity contribution in [1.82, 2.24) is 5.32 Å². The van der Waals surface area contributed by atoms with Crippen molar-refractivity contribution in [1.29, 1.82) is 0 Å². The number of aryl methyl sites for hydroxylation is 1. The highest BCUT2D eigenvalue weighted by Gasteiger charge is 2.18. The van der Waals surface area contributed by atoms with Gasteiger partial charge in [0.25, 0.3) is 0 Å². The van der Waals surface area contributed by atoms with Crippen molar-refractivity contribution in [2.24, 2.45) is 0 Å². The van der Waals surface area contributed by atoms with E-state index in [1.54, 1.807) is 18.2 Å². The first-order chi connectivity index (χ1) is 11.9. The average molecular weight is 361 g/mol. The molecule has 2 aromatic rings. The van der Waals surface area contributed by atoms with Gasteiger partial charge in [0.2, 0.25) is 0 Å². The fraction of sp³-hybridized carbons (Fsp3) is 0.263. The number of benzene rings is 2. The number of halogens is 1. The van der Waals surface area contributed by atoms with Gasteiger partial charge in [0, 0.05) is 10.7 Å². The summed E-state index contributed by atoms with van der Waals surface area (Å²) in [6, 6.07) is 12.2. The summed E-state index contributed by atoms with van der Waals surface area (Å²) < 4.78 is 5.38. The van der Waals surface area contributed by atoms with Crippen LogP contribution in [0.2, 0.25) is 5.02 Å². The lowest BCUT2D eigenvalue weighted by Gasteiger charge is -2.15. The summed E-state index contributed by atoms with van der Waals surface area (Å²) in [5.41, 5.74) is 2.22. The molecule has 132 valence electrons. The zero-order chi connectivity index (χ0) is 18.4. The molecular weight excluding hydrogens is 340 g/mol. The normalized spacial score (nSPS) is 11.5. The molecule has 0 saturated carbocycles. The Morgan fingerprint density at radius 2 is 1.80 bits per heavy atom. The van der Waals surface area contributed by atoms with Crippen LogP contribution in [0.3, 0.4) is 0 Å². The number of hydrogen-bond donors (Lipinski definition) is 2. The minimum absolute atomic E-state index is 0.311. The highest BCUT2D eigenvalue weighted by atomic mass is 35.5. The number of rotatable bonds is 5. The SMILES string of the molecule is CCOc1ccc(C(C)NC(=O)C(=O)Nc2cc(Cl)ccc2C)cc1. The van der Waals surface area contributed by atoms with Gasteiger partial charge in [0.15, 0.2) is 0 Å². The van der Waals surface area contributed by atoms with E-state index in [4.69, 9.17) is 16.3 Å². The zero-order valence-corrected chi connectivity index (χ0v) is 15.2. The lowest BCUT2D eigenvalue weighted by Crippen LogP contribution is -2.37. The van der Waals surface area contributed by atoms with Gasteiger partial charge in [-0.25, -0.2) is 0 Å². The minimum atomic E-state index is -0.733. The molecule has 1 unspecified atom stereocenters. The smallest absolute Gasteiger partial charge is 0.313 e. The van der Waals surface area contributed by atoms with Crippen LogP contribution >= 0.6 is 11.6 Å². The molecule has 25 heavy (non-hydrogen) atoms. The van der Waals surface area contributed by atoms with Crippen LogP contribution in [0.25, 0.3) is 0 Å². The van der Waals surface area contributed by atoms with Crippen molar-refractivity contribution in [3.05, 3.63) is 58.6 Å². The maximum atomic E-state index is 12.1.